The molecule has 2 rings (SSSR count). The van der Waals surface area contributed by atoms with Crippen molar-refractivity contribution in [2.24, 2.45) is 10.9 Å². The summed E-state index contributed by atoms with van der Waals surface area (Å²) in [6.45, 7) is 5.05. The van der Waals surface area contributed by atoms with E-state index in [2.05, 4.69) is 48.6 Å². The van der Waals surface area contributed by atoms with Gasteiger partial charge in [0.25, 0.3) is 0 Å². The number of nitrogens with two attached hydrogens (primary N) is 1. The van der Waals surface area contributed by atoms with Crippen LogP contribution in [-0.4, -0.2) is 11.0 Å². The molecule has 1 atom stereocenters. The lowest BCUT2D eigenvalue weighted by atomic mass is 10.0. The molecule has 0 unspecified atom stereocenters. The fourth-order valence-electron chi connectivity index (χ4n) is 2.30. The summed E-state index contributed by atoms with van der Waals surface area (Å²) in [6, 6.07) is 16.3. The first-order chi connectivity index (χ1) is 10.1. The zero-order valence-electron chi connectivity index (χ0n) is 12.4. The van der Waals surface area contributed by atoms with Crippen LogP contribution in [-0.2, 0) is 6.54 Å². The van der Waals surface area contributed by atoms with Crippen LogP contribution in [0.5, 0.6) is 0 Å². The van der Waals surface area contributed by atoms with Crippen LogP contribution in [0.4, 0.5) is 0 Å². The monoisotopic (exact) mass is 283 g/mol. The van der Waals surface area contributed by atoms with Gasteiger partial charge in [-0.05, 0) is 30.5 Å². The molecule has 0 aliphatic heterocycles. The smallest absolute Gasteiger partial charge is 0.170 e. The number of aryl methyl sites for hydroxylation is 1. The Morgan fingerprint density at radius 3 is 2.48 bits per heavy atom. The molecule has 0 saturated carbocycles. The molecule has 0 aliphatic carbocycles. The van der Waals surface area contributed by atoms with E-state index in [1.165, 1.54) is 11.1 Å². The molecule has 110 valence electrons. The Morgan fingerprint density at radius 1 is 1.19 bits per heavy atom. The second-order valence-electron chi connectivity index (χ2n) is 5.14. The normalized spacial score (nSPS) is 13.1. The third-order valence-corrected chi connectivity index (χ3v) is 3.62. The highest BCUT2D eigenvalue weighted by Crippen LogP contribution is 2.17. The number of nitrogens with zero attached hydrogens (tertiary/aromatic N) is 1. The number of rotatable bonds is 5. The van der Waals surface area contributed by atoms with Crippen LogP contribution in [0.2, 0.25) is 0 Å². The number of hydrogen-bond acceptors (Lipinski definition) is 3. The second-order valence-corrected chi connectivity index (χ2v) is 5.14. The van der Waals surface area contributed by atoms with Crippen molar-refractivity contribution in [3.05, 3.63) is 70.8 Å². The molecule has 0 fully saturated rings. The molecule has 4 N–H and O–H groups in total. The van der Waals surface area contributed by atoms with Gasteiger partial charge in [-0.25, -0.2) is 0 Å². The first kappa shape index (κ1) is 15.1. The molecular formula is C17H21N3O. The van der Waals surface area contributed by atoms with Gasteiger partial charge in [0.2, 0.25) is 0 Å². The molecule has 21 heavy (non-hydrogen) atoms. The zero-order chi connectivity index (χ0) is 15.2. The van der Waals surface area contributed by atoms with E-state index in [1.807, 2.05) is 24.3 Å². The van der Waals surface area contributed by atoms with Crippen molar-refractivity contribution in [1.82, 2.24) is 5.32 Å². The molecule has 0 heterocycles. The lowest BCUT2D eigenvalue weighted by Crippen LogP contribution is -2.19. The summed E-state index contributed by atoms with van der Waals surface area (Å²) < 4.78 is 0. The molecule has 0 radical (unpaired) electrons. The van der Waals surface area contributed by atoms with Gasteiger partial charge < -0.3 is 16.3 Å². The number of amidine groups is 1. The van der Waals surface area contributed by atoms with E-state index in [1.54, 1.807) is 0 Å². The van der Waals surface area contributed by atoms with E-state index in [9.17, 15) is 0 Å². The van der Waals surface area contributed by atoms with E-state index in [0.717, 1.165) is 12.1 Å². The average Bonchev–Trinajstić information content (AvgIpc) is 2.52. The fourth-order valence-corrected chi connectivity index (χ4v) is 2.30. The lowest BCUT2D eigenvalue weighted by molar-refractivity contribution is 0.318. The Morgan fingerprint density at radius 2 is 1.86 bits per heavy atom. The van der Waals surface area contributed by atoms with Crippen LogP contribution >= 0.6 is 0 Å². The molecule has 0 aliphatic rings. The van der Waals surface area contributed by atoms with Crippen LogP contribution < -0.4 is 11.1 Å². The molecule has 4 nitrogen and oxygen atoms in total. The summed E-state index contributed by atoms with van der Waals surface area (Å²) >= 11 is 0. The van der Waals surface area contributed by atoms with Gasteiger partial charge in [-0.3, -0.25) is 0 Å². The van der Waals surface area contributed by atoms with Gasteiger partial charge in [-0.15, -0.1) is 0 Å². The third kappa shape index (κ3) is 3.83. The van der Waals surface area contributed by atoms with Crippen molar-refractivity contribution in [1.29, 1.82) is 0 Å². The van der Waals surface area contributed by atoms with E-state index in [0.29, 0.717) is 5.56 Å². The summed E-state index contributed by atoms with van der Waals surface area (Å²) in [6.07, 6.45) is 0. The zero-order valence-corrected chi connectivity index (χ0v) is 12.4. The van der Waals surface area contributed by atoms with Crippen LogP contribution in [0, 0.1) is 6.92 Å². The first-order valence-electron chi connectivity index (χ1n) is 6.97. The first-order valence-corrected chi connectivity index (χ1v) is 6.97. The highest BCUT2D eigenvalue weighted by atomic mass is 16.4. The molecule has 0 aromatic heterocycles. The van der Waals surface area contributed by atoms with Gasteiger partial charge in [0.05, 0.1) is 0 Å². The maximum atomic E-state index is 8.64. The second kappa shape index (κ2) is 6.90. The van der Waals surface area contributed by atoms with Crippen LogP contribution in [0.1, 0.15) is 35.2 Å². The van der Waals surface area contributed by atoms with Crippen molar-refractivity contribution >= 4 is 5.84 Å². The van der Waals surface area contributed by atoms with Gasteiger partial charge in [0, 0.05) is 18.2 Å². The SMILES string of the molecule is Cc1ccccc1[C@@H](C)NCc1ccc(/C(N)=N/O)cc1. The average molecular weight is 283 g/mol. The summed E-state index contributed by atoms with van der Waals surface area (Å²) in [5, 5.41) is 15.1. The molecule has 0 saturated heterocycles. The standard InChI is InChI=1S/C17H21N3O/c1-12-5-3-4-6-16(12)13(2)19-11-14-7-9-15(10-8-14)17(18)20-21/h3-10,13,19,21H,11H2,1-2H3,(H2,18,20)/t13-/m1/s1. The predicted molar refractivity (Wildman–Crippen MR) is 85.4 cm³/mol. The summed E-state index contributed by atoms with van der Waals surface area (Å²) in [7, 11) is 0. The van der Waals surface area contributed by atoms with E-state index < -0.39 is 0 Å². The van der Waals surface area contributed by atoms with Gasteiger partial charge in [0.1, 0.15) is 0 Å². The van der Waals surface area contributed by atoms with E-state index >= 15 is 0 Å². The minimum Gasteiger partial charge on any atom is -0.409 e. The van der Waals surface area contributed by atoms with Crippen LogP contribution in [0.25, 0.3) is 0 Å². The predicted octanol–water partition coefficient (Wildman–Crippen LogP) is 2.94. The molecule has 4 heteroatoms. The Balaban J connectivity index is 1.98. The molecule has 0 spiro atoms. The molecular weight excluding hydrogens is 262 g/mol. The Hall–Kier alpha value is -2.33. The third-order valence-electron chi connectivity index (χ3n) is 3.62. The van der Waals surface area contributed by atoms with Gasteiger partial charge >= 0.3 is 0 Å². The van der Waals surface area contributed by atoms with Crippen molar-refractivity contribution in [2.75, 3.05) is 0 Å². The minimum atomic E-state index is 0.128. The molecule has 0 bridgehead atoms. The summed E-state index contributed by atoms with van der Waals surface area (Å²) in [5.74, 6) is 0.128. The van der Waals surface area contributed by atoms with Crippen molar-refractivity contribution in [2.45, 2.75) is 26.4 Å². The fraction of sp³-hybridized carbons (Fsp3) is 0.235. The number of benzene rings is 2. The van der Waals surface area contributed by atoms with Gasteiger partial charge in [-0.2, -0.15) is 0 Å². The highest BCUT2D eigenvalue weighted by molar-refractivity contribution is 5.96. The lowest BCUT2D eigenvalue weighted by Gasteiger charge is -2.16. The molecule has 0 amide bonds. The Kier molecular flexibility index (Phi) is 4.95. The van der Waals surface area contributed by atoms with E-state index in [-0.39, 0.29) is 11.9 Å². The van der Waals surface area contributed by atoms with Crippen LogP contribution in [0.3, 0.4) is 0 Å². The molecule has 2 aromatic rings. The van der Waals surface area contributed by atoms with Gasteiger partial charge in [0.15, 0.2) is 5.84 Å². The number of hydrogen-bond donors (Lipinski definition) is 3. The Labute approximate surface area is 125 Å². The number of oxime groups is 1. The van der Waals surface area contributed by atoms with Crippen molar-refractivity contribution in [3.8, 4) is 0 Å². The van der Waals surface area contributed by atoms with Gasteiger partial charge in [-0.1, -0.05) is 53.7 Å². The summed E-state index contributed by atoms with van der Waals surface area (Å²) in [4.78, 5) is 0. The maximum Gasteiger partial charge on any atom is 0.170 e. The highest BCUT2D eigenvalue weighted by Gasteiger charge is 2.07. The maximum absolute atomic E-state index is 8.64. The summed E-state index contributed by atoms with van der Waals surface area (Å²) in [5.41, 5.74) is 10.0. The largest absolute Gasteiger partial charge is 0.409 e. The van der Waals surface area contributed by atoms with E-state index in [4.69, 9.17) is 10.9 Å². The molecule has 2 aromatic carbocycles. The minimum absolute atomic E-state index is 0.128. The quantitative estimate of drug-likeness (QED) is 0.342. The Bertz CT molecular complexity index is 620. The van der Waals surface area contributed by atoms with Crippen molar-refractivity contribution in [3.63, 3.8) is 0 Å². The topological polar surface area (TPSA) is 70.6 Å². The van der Waals surface area contributed by atoms with Crippen molar-refractivity contribution < 1.29 is 5.21 Å². The van der Waals surface area contributed by atoms with Crippen LogP contribution in [0.15, 0.2) is 53.7 Å². The number of nitrogens with one attached hydrogen (secondary N) is 1.